The molecule has 0 radical (unpaired) electrons. The lowest BCUT2D eigenvalue weighted by atomic mass is 9.90. The summed E-state index contributed by atoms with van der Waals surface area (Å²) in [5.41, 5.74) is 3.46. The van der Waals surface area contributed by atoms with Gasteiger partial charge in [0.15, 0.2) is 5.78 Å². The molecule has 0 heterocycles. The van der Waals surface area contributed by atoms with Gasteiger partial charge in [-0.15, -0.1) is 0 Å². The van der Waals surface area contributed by atoms with Crippen molar-refractivity contribution in [1.29, 1.82) is 0 Å². The molecule has 1 aliphatic rings. The van der Waals surface area contributed by atoms with Crippen LogP contribution in [-0.4, -0.2) is 5.78 Å². The fourth-order valence-electron chi connectivity index (χ4n) is 1.74. The molecule has 0 amide bonds. The minimum Gasteiger partial charge on any atom is -0.290 e. The molecule has 0 unspecified atom stereocenters. The minimum atomic E-state index is 0.234. The average Bonchev–Trinajstić information content (AvgIpc) is 2.03. The second kappa shape index (κ2) is 4.40. The smallest absolute Gasteiger partial charge is 0.181 e. The molecule has 0 aromatic rings. The monoisotopic (exact) mass is 178 g/mol. The molecule has 13 heavy (non-hydrogen) atoms. The minimum absolute atomic E-state index is 0.234. The zero-order valence-corrected chi connectivity index (χ0v) is 8.81. The van der Waals surface area contributed by atoms with Crippen LogP contribution in [0.25, 0.3) is 0 Å². The highest BCUT2D eigenvalue weighted by atomic mass is 16.1. The van der Waals surface area contributed by atoms with Crippen molar-refractivity contribution in [2.24, 2.45) is 0 Å². The van der Waals surface area contributed by atoms with Gasteiger partial charge >= 0.3 is 0 Å². The standard InChI is InChI=1S/C12H18O/c1-9(2)8-12(13)11-7-5-4-6-10(11)3/h8H,4-7H2,1-3H3. The SMILES string of the molecule is CC(C)=CC(=O)C1=C(C)CCCC1. The van der Waals surface area contributed by atoms with Gasteiger partial charge in [0.2, 0.25) is 0 Å². The first-order valence-corrected chi connectivity index (χ1v) is 4.99. The Morgan fingerprint density at radius 1 is 1.23 bits per heavy atom. The van der Waals surface area contributed by atoms with Gasteiger partial charge < -0.3 is 0 Å². The fraction of sp³-hybridized carbons (Fsp3) is 0.583. The van der Waals surface area contributed by atoms with Gasteiger partial charge in [0.25, 0.3) is 0 Å². The average molecular weight is 178 g/mol. The summed E-state index contributed by atoms with van der Waals surface area (Å²) < 4.78 is 0. The van der Waals surface area contributed by atoms with Crippen LogP contribution in [0.4, 0.5) is 0 Å². The summed E-state index contributed by atoms with van der Waals surface area (Å²) in [6, 6.07) is 0. The Morgan fingerprint density at radius 2 is 1.85 bits per heavy atom. The van der Waals surface area contributed by atoms with Gasteiger partial charge in [-0.05, 0) is 58.1 Å². The van der Waals surface area contributed by atoms with E-state index >= 15 is 0 Å². The molecule has 0 fully saturated rings. The van der Waals surface area contributed by atoms with Crippen LogP contribution in [0.1, 0.15) is 46.5 Å². The Kier molecular flexibility index (Phi) is 3.47. The third-order valence-electron chi connectivity index (χ3n) is 2.46. The maximum absolute atomic E-state index is 11.7. The Morgan fingerprint density at radius 3 is 2.38 bits per heavy atom. The summed E-state index contributed by atoms with van der Waals surface area (Å²) in [5, 5.41) is 0. The van der Waals surface area contributed by atoms with Crippen molar-refractivity contribution >= 4 is 5.78 Å². The zero-order chi connectivity index (χ0) is 9.84. The maximum Gasteiger partial charge on any atom is 0.181 e. The molecule has 1 heteroatoms. The number of rotatable bonds is 2. The van der Waals surface area contributed by atoms with Gasteiger partial charge in [0.05, 0.1) is 0 Å². The molecule has 0 aliphatic heterocycles. The van der Waals surface area contributed by atoms with E-state index in [9.17, 15) is 4.79 Å². The maximum atomic E-state index is 11.7. The van der Waals surface area contributed by atoms with E-state index in [2.05, 4.69) is 6.92 Å². The largest absolute Gasteiger partial charge is 0.290 e. The van der Waals surface area contributed by atoms with E-state index in [1.807, 2.05) is 13.8 Å². The molecule has 72 valence electrons. The number of hydrogen-bond acceptors (Lipinski definition) is 1. The van der Waals surface area contributed by atoms with E-state index in [4.69, 9.17) is 0 Å². The first-order chi connectivity index (χ1) is 6.11. The lowest BCUT2D eigenvalue weighted by Gasteiger charge is -2.15. The molecule has 0 atom stereocenters. The van der Waals surface area contributed by atoms with E-state index in [0.717, 1.165) is 24.0 Å². The lowest BCUT2D eigenvalue weighted by Crippen LogP contribution is -2.06. The molecule has 0 aromatic carbocycles. The molecule has 1 aliphatic carbocycles. The van der Waals surface area contributed by atoms with Crippen LogP contribution >= 0.6 is 0 Å². The second-order valence-electron chi connectivity index (χ2n) is 4.05. The number of hydrogen-bond donors (Lipinski definition) is 0. The van der Waals surface area contributed by atoms with Crippen LogP contribution in [-0.2, 0) is 4.79 Å². The molecule has 0 bridgehead atoms. The van der Waals surface area contributed by atoms with Crippen LogP contribution in [0.2, 0.25) is 0 Å². The van der Waals surface area contributed by atoms with Crippen molar-refractivity contribution in [3.05, 3.63) is 22.8 Å². The molecule has 1 nitrogen and oxygen atoms in total. The molecule has 0 spiro atoms. The summed E-state index contributed by atoms with van der Waals surface area (Å²) in [6.45, 7) is 6.03. The topological polar surface area (TPSA) is 17.1 Å². The third-order valence-corrected chi connectivity index (χ3v) is 2.46. The van der Waals surface area contributed by atoms with E-state index in [0.29, 0.717) is 0 Å². The van der Waals surface area contributed by atoms with Gasteiger partial charge in [-0.2, -0.15) is 0 Å². The molecular weight excluding hydrogens is 160 g/mol. The summed E-state index contributed by atoms with van der Waals surface area (Å²) in [4.78, 5) is 11.7. The molecule has 0 aromatic heterocycles. The Hall–Kier alpha value is -0.850. The first-order valence-electron chi connectivity index (χ1n) is 4.99. The number of allylic oxidation sites excluding steroid dienone is 4. The van der Waals surface area contributed by atoms with Gasteiger partial charge in [-0.25, -0.2) is 0 Å². The molecule has 0 saturated carbocycles. The van der Waals surface area contributed by atoms with Crippen molar-refractivity contribution in [2.75, 3.05) is 0 Å². The number of ketones is 1. The highest BCUT2D eigenvalue weighted by Crippen LogP contribution is 2.25. The van der Waals surface area contributed by atoms with Gasteiger partial charge in [-0.1, -0.05) is 11.1 Å². The van der Waals surface area contributed by atoms with Crippen molar-refractivity contribution in [3.8, 4) is 0 Å². The van der Waals surface area contributed by atoms with Crippen LogP contribution < -0.4 is 0 Å². The van der Waals surface area contributed by atoms with E-state index in [-0.39, 0.29) is 5.78 Å². The van der Waals surface area contributed by atoms with E-state index in [1.165, 1.54) is 18.4 Å². The predicted molar refractivity (Wildman–Crippen MR) is 55.6 cm³/mol. The number of carbonyl (C=O) groups excluding carboxylic acids is 1. The van der Waals surface area contributed by atoms with Gasteiger partial charge in [0, 0.05) is 0 Å². The highest BCUT2D eigenvalue weighted by molar-refractivity contribution is 6.04. The zero-order valence-electron chi connectivity index (χ0n) is 8.81. The molecular formula is C12H18O. The summed E-state index contributed by atoms with van der Waals surface area (Å²) >= 11 is 0. The van der Waals surface area contributed by atoms with Crippen molar-refractivity contribution in [2.45, 2.75) is 46.5 Å². The second-order valence-corrected chi connectivity index (χ2v) is 4.05. The summed E-state index contributed by atoms with van der Waals surface area (Å²) in [6.07, 6.45) is 6.27. The highest BCUT2D eigenvalue weighted by Gasteiger charge is 2.14. The van der Waals surface area contributed by atoms with Crippen LogP contribution in [0.15, 0.2) is 22.8 Å². The van der Waals surface area contributed by atoms with Gasteiger partial charge in [-0.3, -0.25) is 4.79 Å². The van der Waals surface area contributed by atoms with Gasteiger partial charge in [0.1, 0.15) is 0 Å². The van der Waals surface area contributed by atoms with Crippen LogP contribution in [0, 0.1) is 0 Å². The lowest BCUT2D eigenvalue weighted by molar-refractivity contribution is -0.111. The van der Waals surface area contributed by atoms with E-state index in [1.54, 1.807) is 6.08 Å². The normalized spacial score (nSPS) is 17.2. The fourth-order valence-corrected chi connectivity index (χ4v) is 1.74. The Bertz CT molecular complexity index is 265. The predicted octanol–water partition coefficient (Wildman–Crippen LogP) is 3.41. The van der Waals surface area contributed by atoms with Crippen LogP contribution in [0.5, 0.6) is 0 Å². The number of carbonyl (C=O) groups is 1. The first kappa shape index (κ1) is 10.2. The molecule has 0 N–H and O–H groups in total. The summed E-state index contributed by atoms with van der Waals surface area (Å²) in [5.74, 6) is 0.234. The molecule has 1 rings (SSSR count). The Balaban J connectivity index is 2.81. The summed E-state index contributed by atoms with van der Waals surface area (Å²) in [7, 11) is 0. The van der Waals surface area contributed by atoms with Crippen LogP contribution in [0.3, 0.4) is 0 Å². The quantitative estimate of drug-likeness (QED) is 0.592. The molecule has 0 saturated heterocycles. The van der Waals surface area contributed by atoms with Crippen molar-refractivity contribution < 1.29 is 4.79 Å². The van der Waals surface area contributed by atoms with E-state index < -0.39 is 0 Å². The Labute approximate surface area is 80.5 Å². The third kappa shape index (κ3) is 2.83. The van der Waals surface area contributed by atoms with Crippen molar-refractivity contribution in [3.63, 3.8) is 0 Å². The van der Waals surface area contributed by atoms with Crippen molar-refractivity contribution in [1.82, 2.24) is 0 Å².